The Morgan fingerprint density at radius 3 is 2.89 bits per heavy atom. The van der Waals surface area contributed by atoms with Crippen LogP contribution < -0.4 is 0 Å². The van der Waals surface area contributed by atoms with E-state index in [-0.39, 0.29) is 5.69 Å². The third-order valence-electron chi connectivity index (χ3n) is 2.63. The van der Waals surface area contributed by atoms with Crippen LogP contribution in [-0.4, -0.2) is 20.5 Å². The van der Waals surface area contributed by atoms with Gasteiger partial charge in [-0.2, -0.15) is 0 Å². The quantitative estimate of drug-likeness (QED) is 0.776. The van der Waals surface area contributed by atoms with Crippen molar-refractivity contribution >= 4 is 45.5 Å². The lowest BCUT2D eigenvalue weighted by Crippen LogP contribution is -1.95. The van der Waals surface area contributed by atoms with Crippen LogP contribution in [0.25, 0.3) is 16.2 Å². The second-order valence-corrected chi connectivity index (χ2v) is 5.51. The highest BCUT2D eigenvalue weighted by Crippen LogP contribution is 2.33. The van der Waals surface area contributed by atoms with Gasteiger partial charge in [0.05, 0.1) is 10.7 Å². The maximum absolute atomic E-state index is 10.9. The fraction of sp³-hybridized carbons (Fsp3) is 0. The molecular weight excluding hydrogens is 307 g/mol. The minimum Gasteiger partial charge on any atom is -0.476 e. The summed E-state index contributed by atoms with van der Waals surface area (Å²) in [6.45, 7) is 0. The average Bonchev–Trinajstić information content (AvgIpc) is 2.92. The number of carboxylic acid groups (broad SMARTS) is 1. The zero-order valence-corrected chi connectivity index (χ0v) is 11.6. The third-order valence-corrected chi connectivity index (χ3v) is 4.04. The molecule has 0 spiro atoms. The van der Waals surface area contributed by atoms with Gasteiger partial charge in [-0.3, -0.25) is 4.40 Å². The monoisotopic (exact) mass is 312 g/mol. The molecule has 4 nitrogen and oxygen atoms in total. The van der Waals surface area contributed by atoms with Crippen LogP contribution >= 0.6 is 34.5 Å². The number of rotatable bonds is 2. The maximum atomic E-state index is 10.9. The Hall–Kier alpha value is -1.56. The topological polar surface area (TPSA) is 54.6 Å². The first-order chi connectivity index (χ1) is 9.06. The second kappa shape index (κ2) is 4.52. The number of benzene rings is 1. The van der Waals surface area contributed by atoms with Gasteiger partial charge in [0.2, 0.25) is 0 Å². The first kappa shape index (κ1) is 12.5. The number of imidazole rings is 1. The molecule has 2 aromatic heterocycles. The van der Waals surface area contributed by atoms with Gasteiger partial charge in [0, 0.05) is 22.2 Å². The minimum atomic E-state index is -1.06. The fourth-order valence-electron chi connectivity index (χ4n) is 1.77. The first-order valence-electron chi connectivity index (χ1n) is 5.21. The van der Waals surface area contributed by atoms with E-state index in [1.807, 2.05) is 5.38 Å². The van der Waals surface area contributed by atoms with Gasteiger partial charge in [0.1, 0.15) is 0 Å². The predicted octanol–water partition coefficient (Wildman–Crippen LogP) is 4.07. The van der Waals surface area contributed by atoms with Crippen LogP contribution in [0.5, 0.6) is 0 Å². The summed E-state index contributed by atoms with van der Waals surface area (Å²) in [7, 11) is 0. The number of hydrogen-bond donors (Lipinski definition) is 1. The second-order valence-electron chi connectivity index (χ2n) is 3.83. The SMILES string of the molecule is O=C(O)c1cn2c(-c3cc(Cl)ccc3Cl)csc2n1. The molecule has 0 aliphatic heterocycles. The molecule has 3 aromatic rings. The molecule has 0 aliphatic carbocycles. The molecule has 0 amide bonds. The smallest absolute Gasteiger partial charge is 0.356 e. The van der Waals surface area contributed by atoms with Crippen LogP contribution in [0, 0.1) is 0 Å². The van der Waals surface area contributed by atoms with Crippen LogP contribution in [-0.2, 0) is 0 Å². The van der Waals surface area contributed by atoms with Gasteiger partial charge in [-0.05, 0) is 18.2 Å². The molecule has 0 aliphatic rings. The largest absolute Gasteiger partial charge is 0.476 e. The Morgan fingerprint density at radius 2 is 2.16 bits per heavy atom. The van der Waals surface area contributed by atoms with E-state index in [1.165, 1.54) is 17.5 Å². The minimum absolute atomic E-state index is 0.00579. The lowest BCUT2D eigenvalue weighted by molar-refractivity contribution is 0.0691. The van der Waals surface area contributed by atoms with Gasteiger partial charge < -0.3 is 5.11 Å². The molecule has 0 saturated carbocycles. The molecule has 2 heterocycles. The number of aromatic nitrogens is 2. The molecule has 1 N–H and O–H groups in total. The van der Waals surface area contributed by atoms with Crippen LogP contribution in [0.2, 0.25) is 10.0 Å². The molecule has 0 radical (unpaired) electrons. The summed E-state index contributed by atoms with van der Waals surface area (Å²) in [5.41, 5.74) is 1.52. The normalized spacial score (nSPS) is 11.1. The van der Waals surface area contributed by atoms with Crippen LogP contribution in [0.15, 0.2) is 29.8 Å². The molecule has 0 unspecified atom stereocenters. The Bertz CT molecular complexity index is 794. The summed E-state index contributed by atoms with van der Waals surface area (Å²) < 4.78 is 1.70. The highest BCUT2D eigenvalue weighted by Gasteiger charge is 2.15. The van der Waals surface area contributed by atoms with Crippen molar-refractivity contribution in [1.29, 1.82) is 0 Å². The number of nitrogens with zero attached hydrogens (tertiary/aromatic N) is 2. The molecule has 3 rings (SSSR count). The Morgan fingerprint density at radius 1 is 1.37 bits per heavy atom. The van der Waals surface area contributed by atoms with E-state index in [9.17, 15) is 4.79 Å². The number of carbonyl (C=O) groups is 1. The van der Waals surface area contributed by atoms with E-state index in [1.54, 1.807) is 22.6 Å². The summed E-state index contributed by atoms with van der Waals surface area (Å²) >= 11 is 13.5. The number of halogens is 2. The van der Waals surface area contributed by atoms with Gasteiger partial charge >= 0.3 is 5.97 Å². The van der Waals surface area contributed by atoms with Gasteiger partial charge in [0.25, 0.3) is 0 Å². The summed E-state index contributed by atoms with van der Waals surface area (Å²) in [6, 6.07) is 5.15. The number of hydrogen-bond acceptors (Lipinski definition) is 3. The van der Waals surface area contributed by atoms with Gasteiger partial charge in [-0.25, -0.2) is 9.78 Å². The molecule has 0 fully saturated rings. The Balaban J connectivity index is 2.24. The summed E-state index contributed by atoms with van der Waals surface area (Å²) in [4.78, 5) is 15.5. The van der Waals surface area contributed by atoms with Crippen LogP contribution in [0.4, 0.5) is 0 Å². The van der Waals surface area contributed by atoms with E-state index in [4.69, 9.17) is 28.3 Å². The molecule has 1 aromatic carbocycles. The molecular formula is C12H6Cl2N2O2S. The van der Waals surface area contributed by atoms with E-state index in [0.717, 1.165) is 11.3 Å². The van der Waals surface area contributed by atoms with Crippen molar-refractivity contribution in [2.75, 3.05) is 0 Å². The van der Waals surface area contributed by atoms with Crippen LogP contribution in [0.3, 0.4) is 0 Å². The summed E-state index contributed by atoms with van der Waals surface area (Å²) in [5.74, 6) is -1.06. The molecule has 19 heavy (non-hydrogen) atoms. The van der Waals surface area contributed by atoms with E-state index in [0.29, 0.717) is 15.0 Å². The van der Waals surface area contributed by atoms with Gasteiger partial charge in [-0.15, -0.1) is 11.3 Å². The summed E-state index contributed by atoms with van der Waals surface area (Å²) in [6.07, 6.45) is 1.47. The standard InChI is InChI=1S/C12H6Cl2N2O2S/c13-6-1-2-8(14)7(3-6)10-5-19-12-15-9(11(17)18)4-16(10)12/h1-5H,(H,17,18). The van der Waals surface area contributed by atoms with Crippen LogP contribution in [0.1, 0.15) is 10.5 Å². The molecule has 0 saturated heterocycles. The summed E-state index contributed by atoms with van der Waals surface area (Å²) in [5, 5.41) is 11.9. The number of aromatic carboxylic acids is 1. The third kappa shape index (κ3) is 2.10. The Labute approximate surface area is 121 Å². The van der Waals surface area contributed by atoms with Crippen molar-refractivity contribution in [2.45, 2.75) is 0 Å². The zero-order valence-electron chi connectivity index (χ0n) is 9.30. The lowest BCUT2D eigenvalue weighted by atomic mass is 10.2. The number of fused-ring (bicyclic) bond motifs is 1. The first-order valence-corrected chi connectivity index (χ1v) is 6.85. The highest BCUT2D eigenvalue weighted by atomic mass is 35.5. The van der Waals surface area contributed by atoms with Crippen molar-refractivity contribution in [1.82, 2.24) is 9.38 Å². The highest BCUT2D eigenvalue weighted by molar-refractivity contribution is 7.15. The predicted molar refractivity (Wildman–Crippen MR) is 75.5 cm³/mol. The van der Waals surface area contributed by atoms with Crippen molar-refractivity contribution in [3.8, 4) is 11.3 Å². The van der Waals surface area contributed by atoms with E-state index >= 15 is 0 Å². The van der Waals surface area contributed by atoms with E-state index in [2.05, 4.69) is 4.98 Å². The Kier molecular flexibility index (Phi) is 2.97. The van der Waals surface area contributed by atoms with Crippen molar-refractivity contribution in [2.24, 2.45) is 0 Å². The van der Waals surface area contributed by atoms with Crippen molar-refractivity contribution < 1.29 is 9.90 Å². The molecule has 7 heteroatoms. The lowest BCUT2D eigenvalue weighted by Gasteiger charge is -2.03. The fourth-order valence-corrected chi connectivity index (χ4v) is 3.03. The number of thiazole rings is 1. The average molecular weight is 313 g/mol. The zero-order chi connectivity index (χ0) is 13.6. The van der Waals surface area contributed by atoms with E-state index < -0.39 is 5.97 Å². The van der Waals surface area contributed by atoms with Crippen molar-refractivity contribution in [3.05, 3.63) is 45.5 Å². The van der Waals surface area contributed by atoms with Gasteiger partial charge in [-0.1, -0.05) is 23.2 Å². The van der Waals surface area contributed by atoms with Crippen molar-refractivity contribution in [3.63, 3.8) is 0 Å². The maximum Gasteiger partial charge on any atom is 0.356 e. The number of carboxylic acids is 1. The van der Waals surface area contributed by atoms with Gasteiger partial charge in [0.15, 0.2) is 10.7 Å². The molecule has 0 bridgehead atoms. The molecule has 96 valence electrons. The molecule has 0 atom stereocenters.